The Hall–Kier alpha value is -1.31. The number of carbonyl (C=O) groups is 1. The minimum Gasteiger partial charge on any atom is -0.481 e. The van der Waals surface area contributed by atoms with E-state index in [1.165, 1.54) is 16.7 Å². The Morgan fingerprint density at radius 1 is 1.32 bits per heavy atom. The zero-order valence-electron chi connectivity index (χ0n) is 12.6. The molecule has 0 saturated heterocycles. The molecule has 2 rings (SSSR count). The first-order valence-corrected chi connectivity index (χ1v) is 7.00. The molecule has 0 heterocycles. The monoisotopic (exact) mass is 260 g/mol. The Morgan fingerprint density at radius 2 is 1.95 bits per heavy atom. The molecule has 1 aromatic carbocycles. The molecule has 1 aliphatic carbocycles. The Bertz CT molecular complexity index is 519. The van der Waals surface area contributed by atoms with E-state index in [-0.39, 0.29) is 17.3 Å². The number of carboxylic acid groups (broad SMARTS) is 1. The normalized spacial score (nSPS) is 17.3. The second-order valence-electron chi connectivity index (χ2n) is 7.37. The predicted octanol–water partition coefficient (Wildman–Crippen LogP) is 3.84. The van der Waals surface area contributed by atoms with Crippen LogP contribution < -0.4 is 0 Å². The van der Waals surface area contributed by atoms with Crippen molar-refractivity contribution in [2.24, 2.45) is 0 Å². The average molecular weight is 260 g/mol. The molecule has 1 aromatic rings. The number of rotatable bonds is 2. The van der Waals surface area contributed by atoms with Crippen molar-refractivity contribution in [2.45, 2.75) is 64.7 Å². The molecule has 0 saturated carbocycles. The number of aliphatic carboxylic acids is 1. The summed E-state index contributed by atoms with van der Waals surface area (Å²) in [6, 6.07) is 4.40. The second kappa shape index (κ2) is 4.36. The van der Waals surface area contributed by atoms with Crippen LogP contribution in [-0.4, -0.2) is 11.1 Å². The summed E-state index contributed by atoms with van der Waals surface area (Å²) in [5.74, 6) is -0.738. The van der Waals surface area contributed by atoms with Gasteiger partial charge in [-0.05, 0) is 45.9 Å². The third-order valence-corrected chi connectivity index (χ3v) is 4.28. The van der Waals surface area contributed by atoms with Crippen molar-refractivity contribution in [2.75, 3.05) is 0 Å². The third-order valence-electron chi connectivity index (χ3n) is 4.28. The summed E-state index contributed by atoms with van der Waals surface area (Å²) in [5.41, 5.74) is 5.12. The highest BCUT2D eigenvalue weighted by Crippen LogP contribution is 2.42. The smallest absolute Gasteiger partial charge is 0.307 e. The van der Waals surface area contributed by atoms with Crippen LogP contribution in [0.3, 0.4) is 0 Å². The molecule has 0 spiro atoms. The lowest BCUT2D eigenvalue weighted by molar-refractivity contribution is -0.136. The van der Waals surface area contributed by atoms with Gasteiger partial charge in [0, 0.05) is 0 Å². The maximum absolute atomic E-state index is 11.1. The van der Waals surface area contributed by atoms with Crippen molar-refractivity contribution in [3.8, 4) is 0 Å². The third kappa shape index (κ3) is 2.68. The number of fused-ring (bicyclic) bond motifs is 1. The van der Waals surface area contributed by atoms with Crippen molar-refractivity contribution < 1.29 is 9.90 Å². The lowest BCUT2D eigenvalue weighted by Gasteiger charge is -2.25. The van der Waals surface area contributed by atoms with E-state index in [9.17, 15) is 4.79 Å². The molecule has 104 valence electrons. The van der Waals surface area contributed by atoms with Gasteiger partial charge in [-0.1, -0.05) is 46.8 Å². The molecule has 2 heteroatoms. The summed E-state index contributed by atoms with van der Waals surface area (Å²) >= 11 is 0. The molecule has 1 aliphatic rings. The molecule has 0 atom stereocenters. The van der Waals surface area contributed by atoms with Crippen LogP contribution in [0.25, 0.3) is 0 Å². The lowest BCUT2D eigenvalue weighted by atomic mass is 9.79. The first kappa shape index (κ1) is 14.1. The van der Waals surface area contributed by atoms with E-state index < -0.39 is 5.97 Å². The van der Waals surface area contributed by atoms with E-state index in [1.807, 2.05) is 0 Å². The number of benzene rings is 1. The molecule has 1 N–H and O–H groups in total. The van der Waals surface area contributed by atoms with Crippen LogP contribution in [0.1, 0.15) is 63.3 Å². The van der Waals surface area contributed by atoms with Crippen LogP contribution in [0, 0.1) is 0 Å². The molecule has 0 aliphatic heterocycles. The van der Waals surface area contributed by atoms with Crippen molar-refractivity contribution in [1.29, 1.82) is 0 Å². The van der Waals surface area contributed by atoms with Gasteiger partial charge in [-0.3, -0.25) is 4.79 Å². The van der Waals surface area contributed by atoms with Gasteiger partial charge in [0.05, 0.1) is 6.42 Å². The van der Waals surface area contributed by atoms with Gasteiger partial charge in [-0.15, -0.1) is 0 Å². The summed E-state index contributed by atoms with van der Waals surface area (Å²) in [6.07, 6.45) is 2.26. The fourth-order valence-electron chi connectivity index (χ4n) is 2.96. The van der Waals surface area contributed by atoms with E-state index in [1.54, 1.807) is 0 Å². The van der Waals surface area contributed by atoms with Gasteiger partial charge in [0.15, 0.2) is 0 Å². The number of hydrogen-bond donors (Lipinski definition) is 1. The highest BCUT2D eigenvalue weighted by atomic mass is 16.4. The van der Waals surface area contributed by atoms with Gasteiger partial charge in [0.2, 0.25) is 0 Å². The maximum atomic E-state index is 11.1. The fraction of sp³-hybridized carbons (Fsp3) is 0.588. The van der Waals surface area contributed by atoms with Crippen molar-refractivity contribution in [3.63, 3.8) is 0 Å². The van der Waals surface area contributed by atoms with Crippen molar-refractivity contribution in [3.05, 3.63) is 34.4 Å². The molecule has 0 radical (unpaired) electrons. The Kier molecular flexibility index (Phi) is 3.24. The SMILES string of the molecule is CC(C)(C)c1cc(CC(=O)O)c2c(c1)C(C)(C)CC2. The molecule has 0 aromatic heterocycles. The minimum atomic E-state index is -0.738. The van der Waals surface area contributed by atoms with Crippen molar-refractivity contribution in [1.82, 2.24) is 0 Å². The highest BCUT2D eigenvalue weighted by Gasteiger charge is 2.33. The van der Waals surface area contributed by atoms with E-state index in [0.29, 0.717) is 0 Å². The summed E-state index contributed by atoms with van der Waals surface area (Å²) in [5, 5.41) is 9.12. The lowest BCUT2D eigenvalue weighted by Crippen LogP contribution is -2.17. The van der Waals surface area contributed by atoms with Crippen LogP contribution in [-0.2, 0) is 28.5 Å². The summed E-state index contributed by atoms with van der Waals surface area (Å²) in [6.45, 7) is 11.1. The van der Waals surface area contributed by atoms with Crippen molar-refractivity contribution >= 4 is 5.97 Å². The molecule has 2 nitrogen and oxygen atoms in total. The summed E-state index contributed by atoms with van der Waals surface area (Å²) in [7, 11) is 0. The molecule has 0 bridgehead atoms. The summed E-state index contributed by atoms with van der Waals surface area (Å²) < 4.78 is 0. The molecular weight excluding hydrogens is 236 g/mol. The second-order valence-corrected chi connectivity index (χ2v) is 7.37. The average Bonchev–Trinajstić information content (AvgIpc) is 2.53. The number of carboxylic acids is 1. The summed E-state index contributed by atoms with van der Waals surface area (Å²) in [4.78, 5) is 11.1. The van der Waals surface area contributed by atoms with Gasteiger partial charge in [0.1, 0.15) is 0 Å². The van der Waals surface area contributed by atoms with Crippen LogP contribution in [0.4, 0.5) is 0 Å². The van der Waals surface area contributed by atoms with E-state index in [2.05, 4.69) is 46.8 Å². The zero-order chi connectivity index (χ0) is 14.4. The van der Waals surface area contributed by atoms with Gasteiger partial charge < -0.3 is 5.11 Å². The maximum Gasteiger partial charge on any atom is 0.307 e. The largest absolute Gasteiger partial charge is 0.481 e. The quantitative estimate of drug-likeness (QED) is 0.877. The standard InChI is InChI=1S/C17H24O2/c1-16(2,3)12-8-11(9-15(18)19)13-6-7-17(4,5)14(13)10-12/h8,10H,6-7,9H2,1-5H3,(H,18,19). The van der Waals surface area contributed by atoms with Gasteiger partial charge in [-0.25, -0.2) is 0 Å². The number of hydrogen-bond acceptors (Lipinski definition) is 1. The van der Waals surface area contributed by atoms with Crippen LogP contribution in [0.2, 0.25) is 0 Å². The van der Waals surface area contributed by atoms with Gasteiger partial charge >= 0.3 is 5.97 Å². The molecular formula is C17H24O2. The highest BCUT2D eigenvalue weighted by molar-refractivity contribution is 5.71. The Balaban J connectivity index is 2.61. The Labute approximate surface area is 115 Å². The Morgan fingerprint density at radius 3 is 2.47 bits per heavy atom. The van der Waals surface area contributed by atoms with E-state index in [0.717, 1.165) is 18.4 Å². The molecule has 0 unspecified atom stereocenters. The fourth-order valence-corrected chi connectivity index (χ4v) is 2.96. The molecule has 19 heavy (non-hydrogen) atoms. The topological polar surface area (TPSA) is 37.3 Å². The van der Waals surface area contributed by atoms with Gasteiger partial charge in [0.25, 0.3) is 0 Å². The molecule has 0 amide bonds. The molecule has 0 fully saturated rings. The van der Waals surface area contributed by atoms with Crippen LogP contribution in [0.15, 0.2) is 12.1 Å². The van der Waals surface area contributed by atoms with E-state index in [4.69, 9.17) is 5.11 Å². The van der Waals surface area contributed by atoms with E-state index >= 15 is 0 Å². The first-order chi connectivity index (χ1) is 8.61. The first-order valence-electron chi connectivity index (χ1n) is 7.00. The minimum absolute atomic E-state index is 0.0565. The predicted molar refractivity (Wildman–Crippen MR) is 77.8 cm³/mol. The zero-order valence-corrected chi connectivity index (χ0v) is 12.6. The van der Waals surface area contributed by atoms with Crippen LogP contribution in [0.5, 0.6) is 0 Å². The van der Waals surface area contributed by atoms with Crippen LogP contribution >= 0.6 is 0 Å². The van der Waals surface area contributed by atoms with Gasteiger partial charge in [-0.2, -0.15) is 0 Å².